The molecule has 2 aliphatic rings. The maximum absolute atomic E-state index is 11.3. The van der Waals surface area contributed by atoms with E-state index in [1.54, 1.807) is 6.20 Å². The number of hydrogen-bond acceptors (Lipinski definition) is 3. The standard InChI is InChI=1S/C17H17N3O3/c21-16(22)20-13-2-3-14(20)10-17(23,9-13)6-5-12-1-4-15-18-7-8-19(15)11-12/h1,4,7-8,11,13-14,23H,2-3,9-10H2,(H,21,22). The fourth-order valence-electron chi connectivity index (χ4n) is 3.82. The number of aliphatic hydroxyl groups is 1. The van der Waals surface area contributed by atoms with Crippen LogP contribution >= 0.6 is 0 Å². The number of fused-ring (bicyclic) bond motifs is 3. The second-order valence-corrected chi connectivity index (χ2v) is 6.38. The Kier molecular flexibility index (Phi) is 3.06. The van der Waals surface area contributed by atoms with E-state index in [0.29, 0.717) is 12.8 Å². The number of pyridine rings is 1. The van der Waals surface area contributed by atoms with Gasteiger partial charge in [-0.3, -0.25) is 0 Å². The van der Waals surface area contributed by atoms with Crippen molar-refractivity contribution in [3.8, 4) is 11.8 Å². The van der Waals surface area contributed by atoms with Crippen LogP contribution in [-0.2, 0) is 0 Å². The van der Waals surface area contributed by atoms with Crippen molar-refractivity contribution >= 4 is 11.7 Å². The Morgan fingerprint density at radius 1 is 1.30 bits per heavy atom. The van der Waals surface area contributed by atoms with Gasteiger partial charge in [-0.15, -0.1) is 0 Å². The normalized spacial score (nSPS) is 29.3. The van der Waals surface area contributed by atoms with E-state index in [1.165, 1.54) is 4.90 Å². The lowest BCUT2D eigenvalue weighted by molar-refractivity contribution is -0.00378. The largest absolute Gasteiger partial charge is 0.465 e. The molecule has 2 saturated heterocycles. The van der Waals surface area contributed by atoms with Gasteiger partial charge in [-0.25, -0.2) is 9.78 Å². The molecule has 2 aromatic heterocycles. The van der Waals surface area contributed by atoms with Crippen LogP contribution in [0.25, 0.3) is 5.65 Å². The van der Waals surface area contributed by atoms with Crippen molar-refractivity contribution in [2.45, 2.75) is 43.4 Å². The molecule has 0 aliphatic carbocycles. The van der Waals surface area contributed by atoms with Crippen LogP contribution < -0.4 is 0 Å². The molecule has 2 N–H and O–H groups in total. The van der Waals surface area contributed by atoms with Crippen LogP contribution in [0.4, 0.5) is 4.79 Å². The van der Waals surface area contributed by atoms with Crippen LogP contribution in [0.1, 0.15) is 31.2 Å². The van der Waals surface area contributed by atoms with Crippen molar-refractivity contribution < 1.29 is 15.0 Å². The first kappa shape index (κ1) is 14.1. The van der Waals surface area contributed by atoms with Gasteiger partial charge >= 0.3 is 6.09 Å². The summed E-state index contributed by atoms with van der Waals surface area (Å²) in [7, 11) is 0. The second kappa shape index (κ2) is 5.00. The molecule has 2 atom stereocenters. The van der Waals surface area contributed by atoms with Crippen molar-refractivity contribution in [1.82, 2.24) is 14.3 Å². The lowest BCUT2D eigenvalue weighted by Gasteiger charge is -2.39. The molecule has 0 saturated carbocycles. The summed E-state index contributed by atoms with van der Waals surface area (Å²) in [6.07, 6.45) is 6.94. The van der Waals surface area contributed by atoms with Crippen molar-refractivity contribution in [2.24, 2.45) is 0 Å². The summed E-state index contributed by atoms with van der Waals surface area (Å²) in [4.78, 5) is 17.0. The monoisotopic (exact) mass is 311 g/mol. The highest BCUT2D eigenvalue weighted by atomic mass is 16.4. The van der Waals surface area contributed by atoms with Gasteiger partial charge in [0.15, 0.2) is 0 Å². The van der Waals surface area contributed by atoms with Gasteiger partial charge in [0.05, 0.1) is 0 Å². The average Bonchev–Trinajstić information content (AvgIpc) is 3.08. The Morgan fingerprint density at radius 2 is 2.04 bits per heavy atom. The van der Waals surface area contributed by atoms with Crippen LogP contribution in [0.5, 0.6) is 0 Å². The van der Waals surface area contributed by atoms with Gasteiger partial charge in [-0.1, -0.05) is 11.8 Å². The number of imidazole rings is 1. The van der Waals surface area contributed by atoms with E-state index in [2.05, 4.69) is 16.8 Å². The van der Waals surface area contributed by atoms with E-state index in [1.807, 2.05) is 28.9 Å². The molecule has 0 radical (unpaired) electrons. The first-order valence-corrected chi connectivity index (χ1v) is 7.74. The van der Waals surface area contributed by atoms with Gasteiger partial charge in [-0.2, -0.15) is 0 Å². The first-order valence-electron chi connectivity index (χ1n) is 7.74. The fourth-order valence-corrected chi connectivity index (χ4v) is 3.82. The maximum atomic E-state index is 11.3. The first-order chi connectivity index (χ1) is 11.0. The van der Waals surface area contributed by atoms with Gasteiger partial charge in [0.1, 0.15) is 11.2 Å². The van der Waals surface area contributed by atoms with Crippen LogP contribution in [0.15, 0.2) is 30.7 Å². The molecule has 2 fully saturated rings. The number of rotatable bonds is 0. The summed E-state index contributed by atoms with van der Waals surface area (Å²) < 4.78 is 1.88. The van der Waals surface area contributed by atoms with E-state index in [0.717, 1.165) is 24.1 Å². The molecule has 1 amide bonds. The van der Waals surface area contributed by atoms with Crippen LogP contribution in [0.3, 0.4) is 0 Å². The number of hydrogen-bond donors (Lipinski definition) is 2. The van der Waals surface area contributed by atoms with E-state index >= 15 is 0 Å². The summed E-state index contributed by atoms with van der Waals surface area (Å²) in [5.41, 5.74) is 0.542. The maximum Gasteiger partial charge on any atom is 0.407 e. The number of carbonyl (C=O) groups is 1. The predicted molar refractivity (Wildman–Crippen MR) is 82.9 cm³/mol. The third-order valence-corrected chi connectivity index (χ3v) is 4.82. The van der Waals surface area contributed by atoms with Crippen molar-refractivity contribution in [1.29, 1.82) is 0 Å². The van der Waals surface area contributed by atoms with Gasteiger partial charge in [-0.05, 0) is 25.0 Å². The smallest absolute Gasteiger partial charge is 0.407 e. The number of aromatic nitrogens is 2. The minimum atomic E-state index is -1.11. The fraction of sp³-hybridized carbons (Fsp3) is 0.412. The Balaban J connectivity index is 1.58. The molecule has 2 bridgehead atoms. The quantitative estimate of drug-likeness (QED) is 0.726. The Morgan fingerprint density at radius 3 is 2.74 bits per heavy atom. The minimum Gasteiger partial charge on any atom is -0.465 e. The lowest BCUT2D eigenvalue weighted by Crippen LogP contribution is -2.52. The van der Waals surface area contributed by atoms with E-state index < -0.39 is 11.7 Å². The highest BCUT2D eigenvalue weighted by Gasteiger charge is 2.48. The predicted octanol–water partition coefficient (Wildman–Crippen LogP) is 1.72. The third-order valence-electron chi connectivity index (χ3n) is 4.82. The molecule has 6 heteroatoms. The summed E-state index contributed by atoms with van der Waals surface area (Å²) in [6.45, 7) is 0. The molecule has 4 rings (SSSR count). The van der Waals surface area contributed by atoms with Crippen LogP contribution in [0.2, 0.25) is 0 Å². The van der Waals surface area contributed by atoms with Gasteiger partial charge in [0.2, 0.25) is 0 Å². The summed E-state index contributed by atoms with van der Waals surface area (Å²) in [5.74, 6) is 6.02. The SMILES string of the molecule is O=C(O)N1C2CCC1CC(O)(C#Cc1ccc3nccn3c1)C2. The zero-order valence-electron chi connectivity index (χ0n) is 12.5. The number of nitrogens with zero attached hydrogens (tertiary/aromatic N) is 3. The molecule has 118 valence electrons. The van der Waals surface area contributed by atoms with Crippen LogP contribution in [-0.4, -0.2) is 48.3 Å². The number of amides is 1. The van der Waals surface area contributed by atoms with Crippen molar-refractivity contribution in [3.05, 3.63) is 36.3 Å². The molecule has 23 heavy (non-hydrogen) atoms. The summed E-state index contributed by atoms with van der Waals surface area (Å²) in [5, 5.41) is 20.1. The average molecular weight is 311 g/mol. The number of piperidine rings is 1. The molecule has 2 unspecified atom stereocenters. The highest BCUT2D eigenvalue weighted by molar-refractivity contribution is 5.67. The molecular weight excluding hydrogens is 294 g/mol. The molecule has 6 nitrogen and oxygen atoms in total. The number of carboxylic acid groups (broad SMARTS) is 1. The molecule has 4 heterocycles. The zero-order chi connectivity index (χ0) is 16.0. The van der Waals surface area contributed by atoms with Crippen LogP contribution in [0, 0.1) is 11.8 Å². The Hall–Kier alpha value is -2.52. The Bertz CT molecular complexity index is 818. The van der Waals surface area contributed by atoms with Crippen molar-refractivity contribution in [2.75, 3.05) is 0 Å². The molecular formula is C17H17N3O3. The van der Waals surface area contributed by atoms with Gasteiger partial charge in [0, 0.05) is 49.1 Å². The molecule has 2 aromatic rings. The van der Waals surface area contributed by atoms with E-state index in [4.69, 9.17) is 0 Å². The Labute approximate surface area is 133 Å². The lowest BCUT2D eigenvalue weighted by atomic mass is 9.86. The molecule has 0 aromatic carbocycles. The molecule has 2 aliphatic heterocycles. The van der Waals surface area contributed by atoms with Gasteiger partial charge in [0.25, 0.3) is 0 Å². The topological polar surface area (TPSA) is 78.1 Å². The second-order valence-electron chi connectivity index (χ2n) is 6.38. The van der Waals surface area contributed by atoms with Crippen molar-refractivity contribution in [3.63, 3.8) is 0 Å². The highest BCUT2D eigenvalue weighted by Crippen LogP contribution is 2.40. The minimum absolute atomic E-state index is 0.123. The summed E-state index contributed by atoms with van der Waals surface area (Å²) in [6, 6.07) is 3.51. The van der Waals surface area contributed by atoms with Gasteiger partial charge < -0.3 is 19.5 Å². The summed E-state index contributed by atoms with van der Waals surface area (Å²) >= 11 is 0. The third kappa shape index (κ3) is 2.43. The van der Waals surface area contributed by atoms with E-state index in [-0.39, 0.29) is 12.1 Å². The zero-order valence-corrected chi connectivity index (χ0v) is 12.5. The molecule has 0 spiro atoms. The van der Waals surface area contributed by atoms with E-state index in [9.17, 15) is 15.0 Å².